The predicted molar refractivity (Wildman–Crippen MR) is 59.5 cm³/mol. The van der Waals surface area contributed by atoms with Crippen molar-refractivity contribution in [1.29, 1.82) is 0 Å². The van der Waals surface area contributed by atoms with Gasteiger partial charge in [0.2, 0.25) is 10.0 Å². The monoisotopic (exact) mass is 265 g/mol. The molecule has 1 aromatic carbocycles. The van der Waals surface area contributed by atoms with Gasteiger partial charge in [0.25, 0.3) is 0 Å². The number of carbonyl (C=O) groups excluding carboxylic acids is 1. The Morgan fingerprint density at radius 2 is 2.00 bits per heavy atom. The maximum Gasteiger partial charge on any atom is 0.238 e. The average molecular weight is 266 g/mol. The summed E-state index contributed by atoms with van der Waals surface area (Å²) in [4.78, 5) is 11.5. The molecule has 0 atom stereocenters. The van der Waals surface area contributed by atoms with Crippen LogP contribution in [-0.2, 0) is 10.0 Å². The molecule has 1 rings (SSSR count). The summed E-state index contributed by atoms with van der Waals surface area (Å²) < 4.78 is 22.2. The fourth-order valence-electron chi connectivity index (χ4n) is 0.984. The number of sulfonamides is 1. The van der Waals surface area contributed by atoms with Crippen LogP contribution in [0.25, 0.3) is 0 Å². The molecule has 82 valence electrons. The smallest absolute Gasteiger partial charge is 0.238 e. The van der Waals surface area contributed by atoms with Crippen LogP contribution in [-0.4, -0.2) is 14.2 Å². The highest BCUT2D eigenvalue weighted by atomic mass is 35.7. The Morgan fingerprint density at radius 1 is 1.40 bits per heavy atom. The zero-order valence-electron chi connectivity index (χ0n) is 7.73. The molecule has 0 aromatic heterocycles. The number of carbonyl (C=O) groups is 1. The van der Waals surface area contributed by atoms with Crippen molar-refractivity contribution in [2.45, 2.75) is 16.7 Å². The van der Waals surface area contributed by atoms with E-state index in [0.717, 1.165) is 11.0 Å². The Hall–Kier alpha value is -0.560. The Bertz CT molecular complexity index is 499. The Labute approximate surface area is 96.4 Å². The van der Waals surface area contributed by atoms with Gasteiger partial charge in [0.05, 0.1) is 4.90 Å². The highest BCUT2D eigenvalue weighted by Crippen LogP contribution is 2.26. The van der Waals surface area contributed by atoms with E-state index in [2.05, 4.69) is 0 Å². The molecule has 0 spiro atoms. The number of rotatable bonds is 3. The van der Waals surface area contributed by atoms with E-state index in [4.69, 9.17) is 15.8 Å². The zero-order valence-corrected chi connectivity index (χ0v) is 10.1. The van der Waals surface area contributed by atoms with E-state index in [9.17, 15) is 13.2 Å². The van der Waals surface area contributed by atoms with Crippen LogP contribution >= 0.6 is 21.7 Å². The summed E-state index contributed by atoms with van der Waals surface area (Å²) in [6, 6.07) is 4.06. The largest absolute Gasteiger partial charge is 0.295 e. The van der Waals surface area contributed by atoms with Crippen molar-refractivity contribution in [3.8, 4) is 0 Å². The molecule has 0 bridgehead atoms. The maximum atomic E-state index is 11.1. The van der Waals surface area contributed by atoms with Crippen LogP contribution in [0.1, 0.15) is 17.3 Å². The number of Topliss-reactive ketones (excluding diaryl/α,β-unsaturated/α-hetero) is 1. The molecule has 0 heterocycles. The number of benzene rings is 1. The second-order valence-corrected chi connectivity index (χ2v) is 5.52. The number of nitrogens with two attached hydrogens (primary N) is 1. The third kappa shape index (κ3) is 3.20. The summed E-state index contributed by atoms with van der Waals surface area (Å²) in [5, 5.41) is 4.96. The molecule has 4 nitrogen and oxygen atoms in total. The molecule has 7 heteroatoms. The summed E-state index contributed by atoms with van der Waals surface area (Å²) in [5.74, 6) is -0.243. The van der Waals surface area contributed by atoms with Crippen molar-refractivity contribution in [1.82, 2.24) is 0 Å². The minimum Gasteiger partial charge on any atom is -0.295 e. The van der Waals surface area contributed by atoms with Crippen molar-refractivity contribution in [3.05, 3.63) is 23.8 Å². The summed E-state index contributed by atoms with van der Waals surface area (Å²) in [6.45, 7) is 1.34. The number of hydrogen-bond acceptors (Lipinski definition) is 4. The highest BCUT2D eigenvalue weighted by molar-refractivity contribution is 8.21. The first kappa shape index (κ1) is 12.5. The van der Waals surface area contributed by atoms with E-state index >= 15 is 0 Å². The molecule has 2 N–H and O–H groups in total. The molecule has 0 aliphatic heterocycles. The molecule has 0 radical (unpaired) electrons. The molecule has 0 unspecified atom stereocenters. The van der Waals surface area contributed by atoms with E-state index in [1.807, 2.05) is 0 Å². The zero-order chi connectivity index (χ0) is 11.6. The lowest BCUT2D eigenvalue weighted by Crippen LogP contribution is -2.13. The molecule has 1 aromatic rings. The van der Waals surface area contributed by atoms with Gasteiger partial charge >= 0.3 is 0 Å². The van der Waals surface area contributed by atoms with Gasteiger partial charge in [-0.05, 0) is 46.8 Å². The standard InChI is InChI=1S/C8H8ClNO3S2/c1-5(11)6-2-7(14-9)4-8(3-6)15(10,12)13/h2-4H,1H3,(H2,10,12,13). The molecule has 0 amide bonds. The average Bonchev–Trinajstić information content (AvgIpc) is 2.15. The van der Waals surface area contributed by atoms with Crippen LogP contribution in [0.4, 0.5) is 0 Å². The highest BCUT2D eigenvalue weighted by Gasteiger charge is 2.12. The lowest BCUT2D eigenvalue weighted by molar-refractivity contribution is 0.101. The van der Waals surface area contributed by atoms with Crippen molar-refractivity contribution >= 4 is 37.5 Å². The van der Waals surface area contributed by atoms with Gasteiger partial charge in [-0.2, -0.15) is 0 Å². The molecule has 0 aliphatic carbocycles. The number of halogens is 1. The predicted octanol–water partition coefficient (Wildman–Crippen LogP) is 1.78. The van der Waals surface area contributed by atoms with E-state index in [1.165, 1.54) is 25.1 Å². The summed E-state index contributed by atoms with van der Waals surface area (Å²) in [5.41, 5.74) is 0.268. The van der Waals surface area contributed by atoms with Crippen LogP contribution in [0.2, 0.25) is 0 Å². The molecule has 0 aliphatic rings. The SMILES string of the molecule is CC(=O)c1cc(SCl)cc(S(N)(=O)=O)c1. The van der Waals surface area contributed by atoms with Gasteiger partial charge in [-0.25, -0.2) is 13.6 Å². The van der Waals surface area contributed by atoms with E-state index in [-0.39, 0.29) is 16.2 Å². The molecule has 0 fully saturated rings. The first-order valence-corrected chi connectivity index (χ1v) is 7.01. The lowest BCUT2D eigenvalue weighted by atomic mass is 10.1. The van der Waals surface area contributed by atoms with Gasteiger partial charge in [0.1, 0.15) is 0 Å². The van der Waals surface area contributed by atoms with Crippen LogP contribution in [0.3, 0.4) is 0 Å². The summed E-state index contributed by atoms with van der Waals surface area (Å²) in [6.07, 6.45) is 0. The molecular formula is C8H8ClNO3S2. The summed E-state index contributed by atoms with van der Waals surface area (Å²) in [7, 11) is 2.51. The van der Waals surface area contributed by atoms with Gasteiger partial charge in [-0.15, -0.1) is 0 Å². The van der Waals surface area contributed by atoms with Gasteiger partial charge in [0, 0.05) is 10.5 Å². The summed E-state index contributed by atoms with van der Waals surface area (Å²) >= 11 is 0. The van der Waals surface area contributed by atoms with Gasteiger partial charge in [-0.3, -0.25) is 4.79 Å². The van der Waals surface area contributed by atoms with Gasteiger partial charge in [0.15, 0.2) is 5.78 Å². The first-order chi connectivity index (χ1) is 6.84. The first-order valence-electron chi connectivity index (χ1n) is 3.82. The van der Waals surface area contributed by atoms with Crippen LogP contribution < -0.4 is 5.14 Å². The normalized spacial score (nSPS) is 11.4. The van der Waals surface area contributed by atoms with Crippen molar-refractivity contribution in [2.24, 2.45) is 5.14 Å². The maximum absolute atomic E-state index is 11.1. The van der Waals surface area contributed by atoms with Crippen LogP contribution in [0.15, 0.2) is 28.0 Å². The topological polar surface area (TPSA) is 77.2 Å². The van der Waals surface area contributed by atoms with Crippen molar-refractivity contribution < 1.29 is 13.2 Å². The molecule has 0 saturated heterocycles. The third-order valence-corrected chi connectivity index (χ3v) is 3.55. The van der Waals surface area contributed by atoms with Crippen LogP contribution in [0, 0.1) is 0 Å². The van der Waals surface area contributed by atoms with E-state index in [0.29, 0.717) is 4.90 Å². The molecule has 15 heavy (non-hydrogen) atoms. The fourth-order valence-corrected chi connectivity index (χ4v) is 2.25. The minimum atomic E-state index is -3.82. The van der Waals surface area contributed by atoms with Gasteiger partial charge < -0.3 is 0 Å². The number of primary sulfonamides is 1. The van der Waals surface area contributed by atoms with E-state index < -0.39 is 10.0 Å². The minimum absolute atomic E-state index is 0.113. The van der Waals surface area contributed by atoms with E-state index in [1.54, 1.807) is 0 Å². The quantitative estimate of drug-likeness (QED) is 0.845. The molecular weight excluding hydrogens is 258 g/mol. The van der Waals surface area contributed by atoms with Crippen molar-refractivity contribution in [3.63, 3.8) is 0 Å². The van der Waals surface area contributed by atoms with Gasteiger partial charge in [-0.1, -0.05) is 0 Å². The number of ketones is 1. The Kier molecular flexibility index (Phi) is 3.77. The molecule has 0 saturated carbocycles. The third-order valence-electron chi connectivity index (χ3n) is 1.70. The second kappa shape index (κ2) is 4.52. The number of hydrogen-bond donors (Lipinski definition) is 1. The van der Waals surface area contributed by atoms with Crippen LogP contribution in [0.5, 0.6) is 0 Å². The van der Waals surface area contributed by atoms with Crippen molar-refractivity contribution in [2.75, 3.05) is 0 Å². The Balaban J connectivity index is 3.43. The Morgan fingerprint density at radius 3 is 2.40 bits per heavy atom. The lowest BCUT2D eigenvalue weighted by Gasteiger charge is -2.03. The fraction of sp³-hybridized carbons (Fsp3) is 0.125. The second-order valence-electron chi connectivity index (χ2n) is 2.87.